The molecule has 3 aliphatic rings. The van der Waals surface area contributed by atoms with Crippen molar-refractivity contribution in [2.75, 3.05) is 0 Å². The first-order valence-electron chi connectivity index (χ1n) is 12.3. The second-order valence-corrected chi connectivity index (χ2v) is 11.0. The van der Waals surface area contributed by atoms with Gasteiger partial charge in [0.05, 0.1) is 18.3 Å². The fourth-order valence-electron chi connectivity index (χ4n) is 6.65. The monoisotopic (exact) mass is 416 g/mol. The van der Waals surface area contributed by atoms with Crippen molar-refractivity contribution in [2.24, 2.45) is 29.1 Å². The Morgan fingerprint density at radius 1 is 1.13 bits per heavy atom. The fourth-order valence-corrected chi connectivity index (χ4v) is 6.65. The van der Waals surface area contributed by atoms with Gasteiger partial charge < -0.3 is 15.3 Å². The van der Waals surface area contributed by atoms with Gasteiger partial charge in [-0.15, -0.1) is 0 Å². The molecule has 0 spiro atoms. The van der Waals surface area contributed by atoms with E-state index in [4.69, 9.17) is 0 Å². The van der Waals surface area contributed by atoms with E-state index in [1.807, 2.05) is 0 Å². The highest BCUT2D eigenvalue weighted by molar-refractivity contribution is 5.38. The van der Waals surface area contributed by atoms with Gasteiger partial charge in [-0.3, -0.25) is 0 Å². The molecular formula is C27H44O3. The minimum atomic E-state index is -0.618. The number of fused-ring (bicyclic) bond motifs is 1. The molecule has 0 aromatic heterocycles. The zero-order valence-electron chi connectivity index (χ0n) is 19.6. The Labute approximate surface area is 184 Å². The van der Waals surface area contributed by atoms with E-state index in [2.05, 4.69) is 46.4 Å². The van der Waals surface area contributed by atoms with Crippen molar-refractivity contribution in [2.45, 2.75) is 104 Å². The molecule has 7 atom stereocenters. The first-order valence-corrected chi connectivity index (χ1v) is 12.3. The van der Waals surface area contributed by atoms with Gasteiger partial charge >= 0.3 is 0 Å². The van der Waals surface area contributed by atoms with Crippen molar-refractivity contribution in [1.82, 2.24) is 0 Å². The lowest BCUT2D eigenvalue weighted by molar-refractivity contribution is 0.0717. The lowest BCUT2D eigenvalue weighted by Gasteiger charge is -2.44. The SMILES string of the molecule is C=C1/C(=C/C=C2\CCC[C@@]3(C)C2CCC3[C@H](C)CC[C@@H](O)C(C)C)C[C@@H](O)C[C@@H]1O. The van der Waals surface area contributed by atoms with E-state index >= 15 is 0 Å². The van der Waals surface area contributed by atoms with E-state index in [9.17, 15) is 15.3 Å². The first kappa shape index (κ1) is 23.8. The maximum atomic E-state index is 10.3. The predicted octanol–water partition coefficient (Wildman–Crippen LogP) is 5.56. The summed E-state index contributed by atoms with van der Waals surface area (Å²) in [6.07, 6.45) is 12.4. The van der Waals surface area contributed by atoms with E-state index < -0.39 is 12.2 Å². The van der Waals surface area contributed by atoms with Crippen LogP contribution in [0.15, 0.2) is 35.5 Å². The van der Waals surface area contributed by atoms with Crippen LogP contribution in [0, 0.1) is 29.1 Å². The molecule has 0 aromatic carbocycles. The second kappa shape index (κ2) is 9.71. The number of hydrogen-bond donors (Lipinski definition) is 3. The number of aliphatic hydroxyl groups is 3. The van der Waals surface area contributed by atoms with Crippen molar-refractivity contribution >= 4 is 0 Å². The highest BCUT2D eigenvalue weighted by Crippen LogP contribution is 2.60. The average molecular weight is 417 g/mol. The minimum absolute atomic E-state index is 0.180. The van der Waals surface area contributed by atoms with Gasteiger partial charge in [0.25, 0.3) is 0 Å². The molecule has 3 N–H and O–H groups in total. The molecule has 0 heterocycles. The van der Waals surface area contributed by atoms with Crippen LogP contribution in [-0.2, 0) is 0 Å². The summed E-state index contributed by atoms with van der Waals surface area (Å²) in [6, 6.07) is 0. The molecule has 3 saturated carbocycles. The van der Waals surface area contributed by atoms with Crippen LogP contribution >= 0.6 is 0 Å². The first-order chi connectivity index (χ1) is 14.1. The van der Waals surface area contributed by atoms with Crippen molar-refractivity contribution in [3.63, 3.8) is 0 Å². The summed E-state index contributed by atoms with van der Waals surface area (Å²) in [6.45, 7) is 13.2. The van der Waals surface area contributed by atoms with Gasteiger partial charge in [-0.2, -0.15) is 0 Å². The van der Waals surface area contributed by atoms with Gasteiger partial charge in [0.2, 0.25) is 0 Å². The Morgan fingerprint density at radius 2 is 1.87 bits per heavy atom. The standard InChI is InChI=1S/C27H44O3/c1-17(2)25(29)13-8-18(3)23-11-12-24-20(7-6-14-27(23,24)5)9-10-21-15-22(28)16-26(30)19(21)4/h9-10,17-18,22-26,28-30H,4,6-8,11-16H2,1-3,5H3/b20-9+,21-10+/t18-,22-,23?,24?,25-,26+,27-/m1/s1. The molecule has 30 heavy (non-hydrogen) atoms. The summed E-state index contributed by atoms with van der Waals surface area (Å²) in [5.41, 5.74) is 3.69. The maximum Gasteiger partial charge on any atom is 0.0811 e. The molecule has 2 unspecified atom stereocenters. The van der Waals surface area contributed by atoms with Crippen LogP contribution < -0.4 is 0 Å². The molecule has 170 valence electrons. The highest BCUT2D eigenvalue weighted by atomic mass is 16.3. The molecule has 3 heteroatoms. The van der Waals surface area contributed by atoms with E-state index in [1.165, 1.54) is 25.7 Å². The Bertz CT molecular complexity index is 676. The zero-order valence-corrected chi connectivity index (χ0v) is 19.6. The van der Waals surface area contributed by atoms with Crippen LogP contribution in [-0.4, -0.2) is 33.6 Å². The smallest absolute Gasteiger partial charge is 0.0811 e. The van der Waals surface area contributed by atoms with Crippen LogP contribution in [0.4, 0.5) is 0 Å². The third-order valence-corrected chi connectivity index (χ3v) is 8.68. The van der Waals surface area contributed by atoms with Crippen LogP contribution in [0.5, 0.6) is 0 Å². The molecule has 0 amide bonds. The normalized spacial score (nSPS) is 39.5. The lowest BCUT2D eigenvalue weighted by Crippen LogP contribution is -2.36. The highest BCUT2D eigenvalue weighted by Gasteiger charge is 2.50. The Balaban J connectivity index is 1.72. The summed E-state index contributed by atoms with van der Waals surface area (Å²) in [5.74, 6) is 2.35. The average Bonchev–Trinajstić information content (AvgIpc) is 3.04. The zero-order chi connectivity index (χ0) is 22.1. The Hall–Kier alpha value is -0.900. The second-order valence-electron chi connectivity index (χ2n) is 11.0. The molecule has 3 nitrogen and oxygen atoms in total. The van der Waals surface area contributed by atoms with Crippen molar-refractivity contribution in [1.29, 1.82) is 0 Å². The van der Waals surface area contributed by atoms with Gasteiger partial charge in [0.15, 0.2) is 0 Å². The largest absolute Gasteiger partial charge is 0.393 e. The van der Waals surface area contributed by atoms with E-state index in [-0.39, 0.29) is 6.10 Å². The van der Waals surface area contributed by atoms with Crippen LogP contribution in [0.3, 0.4) is 0 Å². The summed E-state index contributed by atoms with van der Waals surface area (Å²) < 4.78 is 0. The summed E-state index contributed by atoms with van der Waals surface area (Å²) in [4.78, 5) is 0. The van der Waals surface area contributed by atoms with E-state index in [0.29, 0.717) is 36.0 Å². The summed E-state index contributed by atoms with van der Waals surface area (Å²) in [7, 11) is 0. The summed E-state index contributed by atoms with van der Waals surface area (Å²) in [5, 5.41) is 30.4. The molecule has 0 aliphatic heterocycles. The van der Waals surface area contributed by atoms with Gasteiger partial charge in [-0.25, -0.2) is 0 Å². The van der Waals surface area contributed by atoms with Crippen LogP contribution in [0.25, 0.3) is 0 Å². The van der Waals surface area contributed by atoms with Crippen molar-refractivity contribution in [3.05, 3.63) is 35.5 Å². The van der Waals surface area contributed by atoms with Gasteiger partial charge in [0.1, 0.15) is 0 Å². The van der Waals surface area contributed by atoms with Crippen LogP contribution in [0.2, 0.25) is 0 Å². The molecule has 0 aromatic rings. The third-order valence-electron chi connectivity index (χ3n) is 8.68. The van der Waals surface area contributed by atoms with Crippen molar-refractivity contribution in [3.8, 4) is 0 Å². The Kier molecular flexibility index (Phi) is 7.69. The number of aliphatic hydroxyl groups excluding tert-OH is 3. The number of allylic oxidation sites excluding steroid dienone is 3. The fraction of sp³-hybridized carbons (Fsp3) is 0.778. The minimum Gasteiger partial charge on any atom is -0.393 e. The van der Waals surface area contributed by atoms with Crippen LogP contribution in [0.1, 0.15) is 85.5 Å². The quantitative estimate of drug-likeness (QED) is 0.531. The molecular weight excluding hydrogens is 372 g/mol. The van der Waals surface area contributed by atoms with Gasteiger partial charge in [-0.1, -0.05) is 52.0 Å². The molecule has 0 radical (unpaired) electrons. The lowest BCUT2D eigenvalue weighted by atomic mass is 9.60. The Morgan fingerprint density at radius 3 is 2.57 bits per heavy atom. The van der Waals surface area contributed by atoms with Crippen molar-refractivity contribution < 1.29 is 15.3 Å². The van der Waals surface area contributed by atoms with Gasteiger partial charge in [0, 0.05) is 6.42 Å². The van der Waals surface area contributed by atoms with Gasteiger partial charge in [-0.05, 0) is 91.6 Å². The molecule has 0 bridgehead atoms. The molecule has 3 rings (SSSR count). The molecule has 3 aliphatic carbocycles. The number of hydrogen-bond acceptors (Lipinski definition) is 3. The van der Waals surface area contributed by atoms with E-state index in [0.717, 1.165) is 36.3 Å². The topological polar surface area (TPSA) is 60.7 Å². The number of rotatable bonds is 6. The third kappa shape index (κ3) is 4.95. The van der Waals surface area contributed by atoms with E-state index in [1.54, 1.807) is 5.57 Å². The molecule has 0 saturated heterocycles. The molecule has 3 fully saturated rings. The predicted molar refractivity (Wildman–Crippen MR) is 124 cm³/mol. The summed E-state index contributed by atoms with van der Waals surface area (Å²) >= 11 is 0. The maximum absolute atomic E-state index is 10.3.